The van der Waals surface area contributed by atoms with Gasteiger partial charge in [0, 0.05) is 23.2 Å². The molecule has 1 aromatic heterocycles. The quantitative estimate of drug-likeness (QED) is 0.137. The van der Waals surface area contributed by atoms with E-state index in [2.05, 4.69) is 170 Å². The van der Waals surface area contributed by atoms with Gasteiger partial charge in [0.1, 0.15) is 0 Å². The first-order valence-corrected chi connectivity index (χ1v) is 18.1. The van der Waals surface area contributed by atoms with Crippen LogP contribution in [0.1, 0.15) is 11.3 Å². The largest absolute Gasteiger partial charge is 0.282 e. The van der Waals surface area contributed by atoms with Crippen molar-refractivity contribution in [2.24, 2.45) is 10.9 Å². The van der Waals surface area contributed by atoms with Gasteiger partial charge in [-0.15, -0.1) is 0 Å². The Kier molecular flexibility index (Phi) is 6.41. The minimum atomic E-state index is 0.241. The monoisotopic (exact) mass is 660 g/mol. The molecule has 2 heterocycles. The molecule has 52 heavy (non-hydrogen) atoms. The van der Waals surface area contributed by atoms with Crippen LogP contribution in [0.15, 0.2) is 175 Å². The summed E-state index contributed by atoms with van der Waals surface area (Å²) in [6, 6.07) is 54.0. The Bertz CT molecular complexity index is 3030. The van der Waals surface area contributed by atoms with Crippen LogP contribution in [0.2, 0.25) is 0 Å². The fourth-order valence-electron chi connectivity index (χ4n) is 8.42. The van der Waals surface area contributed by atoms with Gasteiger partial charge < -0.3 is 0 Å². The molecule has 0 bridgehead atoms. The molecule has 2 nitrogen and oxygen atoms in total. The number of allylic oxidation sites excluding steroid dienone is 2. The summed E-state index contributed by atoms with van der Waals surface area (Å²) < 4.78 is 0. The molecule has 0 radical (unpaired) electrons. The summed E-state index contributed by atoms with van der Waals surface area (Å²) in [6.45, 7) is 0.732. The number of benzene rings is 8. The van der Waals surface area contributed by atoms with Crippen LogP contribution in [0.4, 0.5) is 0 Å². The van der Waals surface area contributed by atoms with Crippen LogP contribution in [0.5, 0.6) is 0 Å². The molecule has 11 rings (SSSR count). The number of nitrogens with zero attached hydrogens (tertiary/aromatic N) is 2. The van der Waals surface area contributed by atoms with Crippen LogP contribution in [0.25, 0.3) is 93.3 Å². The van der Waals surface area contributed by atoms with Gasteiger partial charge in [-0.3, -0.25) is 9.98 Å². The highest BCUT2D eigenvalue weighted by molar-refractivity contribution is 6.26. The van der Waals surface area contributed by atoms with Crippen LogP contribution in [-0.2, 0) is 0 Å². The van der Waals surface area contributed by atoms with Crippen molar-refractivity contribution in [1.29, 1.82) is 0 Å². The third kappa shape index (κ3) is 4.65. The summed E-state index contributed by atoms with van der Waals surface area (Å²) in [6.07, 6.45) is 10.8. The SMILES string of the molecule is C1=CC2C=Cc3cc(-c4ccc5cc(-c6ccc7c8ccc(-c9ccc%10ccccc%10c9)cc8c8ccccc8c7c6)ccc5c4)cnc3C2=NC1. The molecule has 8 aromatic carbocycles. The topological polar surface area (TPSA) is 25.2 Å². The van der Waals surface area contributed by atoms with E-state index in [9.17, 15) is 0 Å². The first kappa shape index (κ1) is 29.1. The van der Waals surface area contributed by atoms with E-state index in [4.69, 9.17) is 9.98 Å². The van der Waals surface area contributed by atoms with Gasteiger partial charge in [0.2, 0.25) is 0 Å². The maximum Gasteiger partial charge on any atom is 0.0922 e. The molecule has 2 aliphatic rings. The predicted molar refractivity (Wildman–Crippen MR) is 221 cm³/mol. The van der Waals surface area contributed by atoms with Gasteiger partial charge in [-0.1, -0.05) is 133 Å². The Balaban J connectivity index is 0.969. The molecule has 1 atom stereocenters. The predicted octanol–water partition coefficient (Wildman–Crippen LogP) is 12.9. The molecule has 0 spiro atoms. The second kappa shape index (κ2) is 11.4. The number of dihydropyridines is 1. The molecule has 0 saturated heterocycles. The lowest BCUT2D eigenvalue weighted by Gasteiger charge is -2.21. The summed E-state index contributed by atoms with van der Waals surface area (Å²) >= 11 is 0. The van der Waals surface area contributed by atoms with E-state index >= 15 is 0 Å². The maximum atomic E-state index is 4.89. The van der Waals surface area contributed by atoms with E-state index < -0.39 is 0 Å². The van der Waals surface area contributed by atoms with Crippen molar-refractivity contribution in [3.63, 3.8) is 0 Å². The van der Waals surface area contributed by atoms with E-state index in [1.165, 1.54) is 81.7 Å². The van der Waals surface area contributed by atoms with E-state index in [1.54, 1.807) is 0 Å². The molecular weight excluding hydrogens is 629 g/mol. The summed E-state index contributed by atoms with van der Waals surface area (Å²) in [4.78, 5) is 9.64. The Morgan fingerprint density at radius 3 is 1.62 bits per heavy atom. The van der Waals surface area contributed by atoms with Crippen molar-refractivity contribution in [1.82, 2.24) is 4.98 Å². The molecular formula is C50H32N2. The summed E-state index contributed by atoms with van der Waals surface area (Å²) in [7, 11) is 0. The molecule has 0 N–H and O–H groups in total. The number of aromatic nitrogens is 1. The van der Waals surface area contributed by atoms with Gasteiger partial charge in [-0.05, 0) is 118 Å². The lowest BCUT2D eigenvalue weighted by atomic mass is 9.88. The lowest BCUT2D eigenvalue weighted by Crippen LogP contribution is -2.20. The van der Waals surface area contributed by atoms with E-state index in [-0.39, 0.29) is 5.92 Å². The molecule has 1 aliphatic carbocycles. The number of fused-ring (bicyclic) bond motifs is 11. The first-order chi connectivity index (χ1) is 25.7. The van der Waals surface area contributed by atoms with Gasteiger partial charge in [0.25, 0.3) is 0 Å². The zero-order chi connectivity index (χ0) is 34.2. The zero-order valence-corrected chi connectivity index (χ0v) is 28.4. The highest BCUT2D eigenvalue weighted by Gasteiger charge is 2.23. The third-order valence-electron chi connectivity index (χ3n) is 11.1. The van der Waals surface area contributed by atoms with Crippen LogP contribution in [-0.4, -0.2) is 17.2 Å². The summed E-state index contributed by atoms with van der Waals surface area (Å²) in [5, 5.41) is 12.7. The Labute approximate surface area is 301 Å². The Morgan fingerprint density at radius 1 is 0.423 bits per heavy atom. The molecule has 1 aliphatic heterocycles. The molecule has 242 valence electrons. The van der Waals surface area contributed by atoms with Gasteiger partial charge in [0.15, 0.2) is 0 Å². The Morgan fingerprint density at radius 2 is 0.942 bits per heavy atom. The minimum absolute atomic E-state index is 0.241. The van der Waals surface area contributed by atoms with E-state index in [0.29, 0.717) is 0 Å². The van der Waals surface area contributed by atoms with Gasteiger partial charge in [-0.2, -0.15) is 0 Å². The van der Waals surface area contributed by atoms with Gasteiger partial charge in [-0.25, -0.2) is 0 Å². The van der Waals surface area contributed by atoms with Crippen molar-refractivity contribution in [3.8, 4) is 33.4 Å². The molecule has 0 fully saturated rings. The minimum Gasteiger partial charge on any atom is -0.282 e. The average molecular weight is 661 g/mol. The number of hydrogen-bond donors (Lipinski definition) is 0. The van der Waals surface area contributed by atoms with E-state index in [1.807, 2.05) is 6.20 Å². The number of rotatable bonds is 3. The fraction of sp³-hybridized carbons (Fsp3) is 0.0400. The highest BCUT2D eigenvalue weighted by Crippen LogP contribution is 2.40. The second-order valence-corrected chi connectivity index (χ2v) is 14.1. The van der Waals surface area contributed by atoms with Crippen molar-refractivity contribution in [2.75, 3.05) is 6.54 Å². The summed E-state index contributed by atoms with van der Waals surface area (Å²) in [5.74, 6) is 0.241. The smallest absolute Gasteiger partial charge is 0.0922 e. The van der Waals surface area contributed by atoms with Gasteiger partial charge >= 0.3 is 0 Å². The summed E-state index contributed by atoms with van der Waals surface area (Å²) in [5.41, 5.74) is 10.4. The standard InChI is InChI=1S/C50H32N2/c1-2-7-33-24-36(13-11-31(33)6-1)39-19-21-45-46-22-20-40(29-48(46)44-10-4-3-9-43(44)47(45)28-39)37-15-14-35-26-38(17-16-34(35)25-37)42-27-41-18-12-32-8-5-23-51-49(32)50(41)52-30-42/h1-22,24-30,32H,23H2. The average Bonchev–Trinajstić information content (AvgIpc) is 3.22. The Hall–Kier alpha value is -6.64. The lowest BCUT2D eigenvalue weighted by molar-refractivity contribution is 1.02. The normalized spacial score (nSPS) is 15.0. The van der Waals surface area contributed by atoms with Crippen LogP contribution < -0.4 is 0 Å². The number of hydrogen-bond acceptors (Lipinski definition) is 2. The first-order valence-electron chi connectivity index (χ1n) is 18.1. The molecule has 9 aromatic rings. The molecule has 0 saturated carbocycles. The zero-order valence-electron chi connectivity index (χ0n) is 28.4. The van der Waals surface area contributed by atoms with Crippen molar-refractivity contribution in [2.45, 2.75) is 0 Å². The van der Waals surface area contributed by atoms with E-state index in [0.717, 1.165) is 29.1 Å². The maximum absolute atomic E-state index is 4.89. The van der Waals surface area contributed by atoms with Gasteiger partial charge in [0.05, 0.1) is 18.0 Å². The van der Waals surface area contributed by atoms with Crippen LogP contribution in [0.3, 0.4) is 0 Å². The van der Waals surface area contributed by atoms with Crippen LogP contribution >= 0.6 is 0 Å². The van der Waals surface area contributed by atoms with Crippen molar-refractivity contribution < 1.29 is 0 Å². The molecule has 2 heteroatoms. The fourth-order valence-corrected chi connectivity index (χ4v) is 8.42. The number of aliphatic imine (C=N–C) groups is 1. The highest BCUT2D eigenvalue weighted by atomic mass is 14.8. The number of pyridine rings is 1. The molecule has 1 unspecified atom stereocenters. The third-order valence-corrected chi connectivity index (χ3v) is 11.1. The molecule has 0 amide bonds. The van der Waals surface area contributed by atoms with Crippen molar-refractivity contribution >= 4 is 65.6 Å². The second-order valence-electron chi connectivity index (χ2n) is 14.1. The van der Waals surface area contributed by atoms with Crippen molar-refractivity contribution in [3.05, 3.63) is 181 Å². The van der Waals surface area contributed by atoms with Crippen LogP contribution in [0, 0.1) is 5.92 Å².